The van der Waals surface area contributed by atoms with Gasteiger partial charge in [-0.2, -0.15) is 0 Å². The first kappa shape index (κ1) is 15.1. The van der Waals surface area contributed by atoms with E-state index < -0.39 is 0 Å². The molecule has 108 valence electrons. The number of nitrogen functional groups attached to an aromatic ring is 1. The van der Waals surface area contributed by atoms with Crippen molar-refractivity contribution in [2.75, 3.05) is 18.8 Å². The zero-order valence-corrected chi connectivity index (χ0v) is 13.4. The fraction of sp³-hybridized carbons (Fsp3) is 0.462. The van der Waals surface area contributed by atoms with Crippen LogP contribution in [0.2, 0.25) is 0 Å². The number of thiophene rings is 1. The molecule has 0 aliphatic carbocycles. The molecule has 5 nitrogen and oxygen atoms in total. The van der Waals surface area contributed by atoms with Crippen molar-refractivity contribution in [1.82, 2.24) is 14.9 Å². The van der Waals surface area contributed by atoms with Gasteiger partial charge >= 0.3 is 0 Å². The third-order valence-electron chi connectivity index (χ3n) is 3.04. The third kappa shape index (κ3) is 3.04. The van der Waals surface area contributed by atoms with Gasteiger partial charge < -0.3 is 10.6 Å². The number of hydrogen-bond donors (Lipinski definition) is 1. The molecular formula is C13H18N4OS2. The van der Waals surface area contributed by atoms with Crippen molar-refractivity contribution in [2.45, 2.75) is 31.2 Å². The molecule has 0 fully saturated rings. The number of hydrogen-bond acceptors (Lipinski definition) is 6. The van der Waals surface area contributed by atoms with Crippen LogP contribution in [0.1, 0.15) is 20.8 Å². The van der Waals surface area contributed by atoms with Gasteiger partial charge in [0.05, 0.1) is 10.6 Å². The minimum atomic E-state index is -0.216. The molecule has 1 unspecified atom stereocenters. The van der Waals surface area contributed by atoms with E-state index in [1.807, 2.05) is 37.1 Å². The van der Waals surface area contributed by atoms with E-state index in [0.29, 0.717) is 24.1 Å². The van der Waals surface area contributed by atoms with Crippen molar-refractivity contribution in [3.05, 3.63) is 11.4 Å². The molecule has 2 aromatic heterocycles. The molecule has 0 bridgehead atoms. The normalized spacial score (nSPS) is 12.6. The maximum atomic E-state index is 12.2. The summed E-state index contributed by atoms with van der Waals surface area (Å²) in [5.74, 6) is 0.578. The van der Waals surface area contributed by atoms with Gasteiger partial charge in [-0.15, -0.1) is 11.3 Å². The van der Waals surface area contributed by atoms with E-state index in [1.54, 1.807) is 0 Å². The first-order valence-electron chi connectivity index (χ1n) is 6.53. The molecule has 2 aromatic rings. The maximum Gasteiger partial charge on any atom is 0.235 e. The Balaban J connectivity index is 2.17. The van der Waals surface area contributed by atoms with Crippen molar-refractivity contribution in [3.8, 4) is 0 Å². The Morgan fingerprint density at radius 1 is 1.45 bits per heavy atom. The number of nitrogens with zero attached hydrogens (tertiary/aromatic N) is 3. The van der Waals surface area contributed by atoms with E-state index in [9.17, 15) is 4.79 Å². The minimum Gasteiger partial charge on any atom is -0.383 e. The average molecular weight is 310 g/mol. The molecule has 2 heterocycles. The molecule has 1 amide bonds. The number of anilines is 1. The number of fused-ring (bicyclic) bond motifs is 1. The Morgan fingerprint density at radius 3 is 2.80 bits per heavy atom. The SMILES string of the molecule is CCN(CC)C(=O)C(C)Sc1nc(N)c2ccsc2n1. The zero-order valence-electron chi connectivity index (χ0n) is 11.8. The standard InChI is InChI=1S/C13H18N4OS2/c1-4-17(5-2)12(18)8(3)20-13-15-10(14)9-6-7-19-11(9)16-13/h6-8H,4-5H2,1-3H3,(H2,14,15,16). The van der Waals surface area contributed by atoms with Crippen LogP contribution < -0.4 is 5.73 Å². The summed E-state index contributed by atoms with van der Waals surface area (Å²) < 4.78 is 0. The van der Waals surface area contributed by atoms with E-state index >= 15 is 0 Å². The lowest BCUT2D eigenvalue weighted by atomic mass is 10.4. The van der Waals surface area contributed by atoms with Crippen LogP contribution >= 0.6 is 23.1 Å². The predicted octanol–water partition coefficient (Wildman–Crippen LogP) is 2.62. The second-order valence-electron chi connectivity index (χ2n) is 4.30. The lowest BCUT2D eigenvalue weighted by Crippen LogP contribution is -2.36. The zero-order chi connectivity index (χ0) is 14.7. The van der Waals surface area contributed by atoms with Gasteiger partial charge in [-0.05, 0) is 32.2 Å². The van der Waals surface area contributed by atoms with Crippen LogP contribution in [0.4, 0.5) is 5.82 Å². The minimum absolute atomic E-state index is 0.105. The van der Waals surface area contributed by atoms with E-state index in [-0.39, 0.29) is 11.2 Å². The molecule has 7 heteroatoms. The number of aromatic nitrogens is 2. The highest BCUT2D eigenvalue weighted by molar-refractivity contribution is 8.00. The summed E-state index contributed by atoms with van der Waals surface area (Å²) in [5.41, 5.74) is 5.91. The van der Waals surface area contributed by atoms with Crippen LogP contribution in [0.5, 0.6) is 0 Å². The Hall–Kier alpha value is -1.34. The summed E-state index contributed by atoms with van der Waals surface area (Å²) in [6, 6.07) is 1.91. The summed E-state index contributed by atoms with van der Waals surface area (Å²) in [5, 5.41) is 3.16. The molecule has 0 aromatic carbocycles. The van der Waals surface area contributed by atoms with Crippen molar-refractivity contribution >= 4 is 45.0 Å². The summed E-state index contributed by atoms with van der Waals surface area (Å²) in [7, 11) is 0. The van der Waals surface area contributed by atoms with Gasteiger partial charge in [-0.3, -0.25) is 4.79 Å². The Morgan fingerprint density at radius 2 is 2.15 bits per heavy atom. The molecule has 0 saturated carbocycles. The Kier molecular flexibility index (Phi) is 4.82. The molecule has 0 saturated heterocycles. The summed E-state index contributed by atoms with van der Waals surface area (Å²) in [4.78, 5) is 23.6. The second kappa shape index (κ2) is 6.41. The van der Waals surface area contributed by atoms with Crippen LogP contribution in [-0.4, -0.2) is 39.1 Å². The third-order valence-corrected chi connectivity index (χ3v) is 4.79. The van der Waals surface area contributed by atoms with Crippen LogP contribution in [0.25, 0.3) is 10.2 Å². The van der Waals surface area contributed by atoms with Crippen molar-refractivity contribution < 1.29 is 4.79 Å². The van der Waals surface area contributed by atoms with Gasteiger partial charge in [0.2, 0.25) is 5.91 Å². The van der Waals surface area contributed by atoms with Gasteiger partial charge in [0.1, 0.15) is 10.6 Å². The van der Waals surface area contributed by atoms with Crippen LogP contribution in [-0.2, 0) is 4.79 Å². The molecule has 0 aliphatic rings. The van der Waals surface area contributed by atoms with Crippen molar-refractivity contribution in [1.29, 1.82) is 0 Å². The van der Waals surface area contributed by atoms with Crippen LogP contribution in [0, 0.1) is 0 Å². The molecule has 2 rings (SSSR count). The molecular weight excluding hydrogens is 292 g/mol. The largest absolute Gasteiger partial charge is 0.383 e. The number of nitrogens with two attached hydrogens (primary N) is 1. The summed E-state index contributed by atoms with van der Waals surface area (Å²) >= 11 is 2.88. The average Bonchev–Trinajstić information content (AvgIpc) is 2.88. The number of amides is 1. The fourth-order valence-corrected chi connectivity index (χ4v) is 3.60. The molecule has 2 N–H and O–H groups in total. The number of rotatable bonds is 5. The summed E-state index contributed by atoms with van der Waals surface area (Å²) in [6.45, 7) is 7.26. The molecule has 0 aliphatic heterocycles. The lowest BCUT2D eigenvalue weighted by Gasteiger charge is -2.22. The number of carbonyl (C=O) groups excluding carboxylic acids is 1. The molecule has 0 radical (unpaired) electrons. The molecule has 0 spiro atoms. The second-order valence-corrected chi connectivity index (χ2v) is 6.50. The number of thioether (sulfide) groups is 1. The fourth-order valence-electron chi connectivity index (χ4n) is 1.91. The Labute approximate surface area is 126 Å². The van der Waals surface area contributed by atoms with E-state index in [1.165, 1.54) is 23.1 Å². The topological polar surface area (TPSA) is 72.1 Å². The molecule has 1 atom stereocenters. The van der Waals surface area contributed by atoms with Crippen molar-refractivity contribution in [2.24, 2.45) is 0 Å². The van der Waals surface area contributed by atoms with Gasteiger partial charge in [0, 0.05) is 13.1 Å². The van der Waals surface area contributed by atoms with Gasteiger partial charge in [-0.1, -0.05) is 11.8 Å². The van der Waals surface area contributed by atoms with Gasteiger partial charge in [-0.25, -0.2) is 9.97 Å². The molecule has 20 heavy (non-hydrogen) atoms. The number of carbonyl (C=O) groups is 1. The van der Waals surface area contributed by atoms with Crippen LogP contribution in [0.15, 0.2) is 16.6 Å². The quantitative estimate of drug-likeness (QED) is 0.679. The monoisotopic (exact) mass is 310 g/mol. The Bertz CT molecular complexity index is 609. The highest BCUT2D eigenvalue weighted by Gasteiger charge is 2.21. The first-order chi connectivity index (χ1) is 9.56. The lowest BCUT2D eigenvalue weighted by molar-refractivity contribution is -0.129. The smallest absolute Gasteiger partial charge is 0.235 e. The van der Waals surface area contributed by atoms with E-state index in [2.05, 4.69) is 9.97 Å². The van der Waals surface area contributed by atoms with Gasteiger partial charge in [0.15, 0.2) is 5.16 Å². The maximum absolute atomic E-state index is 12.2. The highest BCUT2D eigenvalue weighted by atomic mass is 32.2. The van der Waals surface area contributed by atoms with Crippen LogP contribution in [0.3, 0.4) is 0 Å². The van der Waals surface area contributed by atoms with E-state index in [0.717, 1.165) is 10.2 Å². The first-order valence-corrected chi connectivity index (χ1v) is 8.28. The predicted molar refractivity (Wildman–Crippen MR) is 85.1 cm³/mol. The summed E-state index contributed by atoms with van der Waals surface area (Å²) in [6.07, 6.45) is 0. The van der Waals surface area contributed by atoms with Gasteiger partial charge in [0.25, 0.3) is 0 Å². The highest BCUT2D eigenvalue weighted by Crippen LogP contribution is 2.28. The van der Waals surface area contributed by atoms with Crippen molar-refractivity contribution in [3.63, 3.8) is 0 Å². The van der Waals surface area contributed by atoms with E-state index in [4.69, 9.17) is 5.73 Å².